The van der Waals surface area contributed by atoms with Crippen LogP contribution in [0.4, 0.5) is 0 Å². The van der Waals surface area contributed by atoms with Crippen molar-refractivity contribution in [3.8, 4) is 5.82 Å². The van der Waals surface area contributed by atoms with E-state index in [0.717, 1.165) is 24.3 Å². The van der Waals surface area contributed by atoms with Gasteiger partial charge in [-0.15, -0.1) is 0 Å². The Morgan fingerprint density at radius 1 is 1.50 bits per heavy atom. The van der Waals surface area contributed by atoms with E-state index in [1.807, 2.05) is 30.9 Å². The molecule has 0 bridgehead atoms. The van der Waals surface area contributed by atoms with Crippen LogP contribution in [0.15, 0.2) is 29.5 Å². The Balaban J connectivity index is 1.81. The smallest absolute Gasteiger partial charge is 0.191 e. The molecule has 0 radical (unpaired) electrons. The van der Waals surface area contributed by atoms with E-state index in [9.17, 15) is 0 Å². The van der Waals surface area contributed by atoms with Crippen LogP contribution in [0.1, 0.15) is 18.2 Å². The van der Waals surface area contributed by atoms with Gasteiger partial charge in [-0.05, 0) is 19.9 Å². The van der Waals surface area contributed by atoms with E-state index in [2.05, 4.69) is 15.1 Å². The van der Waals surface area contributed by atoms with Crippen molar-refractivity contribution in [3.05, 3.63) is 40.8 Å². The van der Waals surface area contributed by atoms with Gasteiger partial charge in [0, 0.05) is 24.3 Å². The minimum absolute atomic E-state index is 0.162. The molecule has 3 rings (SSSR count). The molecule has 2 N–H and O–H groups in total. The first-order chi connectivity index (χ1) is 11.5. The van der Waals surface area contributed by atoms with Crippen molar-refractivity contribution in [2.45, 2.75) is 26.5 Å². The number of aliphatic imine (C=N–C) groups is 1. The van der Waals surface area contributed by atoms with Crippen molar-refractivity contribution in [3.63, 3.8) is 0 Å². The number of aryl methyl sites for hydroxylation is 1. The lowest BCUT2D eigenvalue weighted by Gasteiger charge is -2.31. The number of guanidine groups is 1. The van der Waals surface area contributed by atoms with Gasteiger partial charge in [0.15, 0.2) is 11.8 Å². The number of nitrogens with zero attached hydrogens (tertiary/aromatic N) is 5. The number of hydrogen-bond acceptors (Lipinski definition) is 4. The maximum atomic E-state index is 6.14. The quantitative estimate of drug-likeness (QED) is 0.675. The van der Waals surface area contributed by atoms with E-state index in [-0.39, 0.29) is 6.10 Å². The summed E-state index contributed by atoms with van der Waals surface area (Å²) in [5.74, 6) is 1.24. The van der Waals surface area contributed by atoms with Gasteiger partial charge in [-0.3, -0.25) is 0 Å². The molecule has 24 heavy (non-hydrogen) atoms. The largest absolute Gasteiger partial charge is 0.375 e. The number of rotatable bonds is 3. The van der Waals surface area contributed by atoms with Crippen LogP contribution in [0.25, 0.3) is 5.82 Å². The molecule has 1 atom stereocenters. The third-order valence-electron chi connectivity index (χ3n) is 3.84. The number of halogens is 1. The van der Waals surface area contributed by atoms with Crippen LogP contribution in [0.2, 0.25) is 5.02 Å². The summed E-state index contributed by atoms with van der Waals surface area (Å²) in [6, 6.07) is 3.94. The SMILES string of the molecule is Cc1ccc(CN=C(N)N2CCOC(C)C2)c(-n2cc(Cl)cn2)n1. The fourth-order valence-electron chi connectivity index (χ4n) is 2.60. The van der Waals surface area contributed by atoms with E-state index >= 15 is 0 Å². The number of pyridine rings is 1. The Morgan fingerprint density at radius 2 is 2.33 bits per heavy atom. The van der Waals surface area contributed by atoms with Crippen molar-refractivity contribution in [1.29, 1.82) is 0 Å². The van der Waals surface area contributed by atoms with Crippen molar-refractivity contribution < 1.29 is 4.74 Å². The highest BCUT2D eigenvalue weighted by Gasteiger charge is 2.18. The zero-order valence-corrected chi connectivity index (χ0v) is 14.6. The molecule has 3 heterocycles. The van der Waals surface area contributed by atoms with Crippen molar-refractivity contribution >= 4 is 17.6 Å². The van der Waals surface area contributed by atoms with Crippen LogP contribution >= 0.6 is 11.6 Å². The molecule has 1 aliphatic heterocycles. The molecule has 0 amide bonds. The normalized spacial score (nSPS) is 18.9. The van der Waals surface area contributed by atoms with Crippen molar-refractivity contribution in [2.75, 3.05) is 19.7 Å². The van der Waals surface area contributed by atoms with Gasteiger partial charge in [-0.25, -0.2) is 14.7 Å². The summed E-state index contributed by atoms with van der Waals surface area (Å²) in [5.41, 5.74) is 7.97. The second-order valence-corrected chi connectivity index (χ2v) is 6.28. The topological polar surface area (TPSA) is 81.6 Å². The number of nitrogens with two attached hydrogens (primary N) is 1. The Morgan fingerprint density at radius 3 is 3.04 bits per heavy atom. The molecule has 0 spiro atoms. The third-order valence-corrected chi connectivity index (χ3v) is 4.03. The third kappa shape index (κ3) is 3.85. The van der Waals surface area contributed by atoms with Gasteiger partial charge in [0.2, 0.25) is 0 Å². The first kappa shape index (κ1) is 16.7. The van der Waals surface area contributed by atoms with E-state index in [1.54, 1.807) is 17.1 Å². The molecule has 8 heteroatoms. The van der Waals surface area contributed by atoms with Gasteiger partial charge in [0.25, 0.3) is 0 Å². The maximum absolute atomic E-state index is 6.14. The average Bonchev–Trinajstić information content (AvgIpc) is 2.99. The van der Waals surface area contributed by atoms with Crippen LogP contribution in [0.3, 0.4) is 0 Å². The van der Waals surface area contributed by atoms with E-state index in [1.165, 1.54) is 0 Å². The zero-order chi connectivity index (χ0) is 17.1. The lowest BCUT2D eigenvalue weighted by Crippen LogP contribution is -2.47. The predicted molar refractivity (Wildman–Crippen MR) is 93.4 cm³/mol. The predicted octanol–water partition coefficient (Wildman–Crippen LogP) is 1.76. The summed E-state index contributed by atoms with van der Waals surface area (Å²) in [7, 11) is 0. The molecule has 1 saturated heterocycles. The Labute approximate surface area is 146 Å². The molecule has 0 aromatic carbocycles. The highest BCUT2D eigenvalue weighted by Crippen LogP contribution is 2.16. The van der Waals surface area contributed by atoms with Crippen LogP contribution < -0.4 is 5.73 Å². The summed E-state index contributed by atoms with van der Waals surface area (Å²) >= 11 is 5.97. The second kappa shape index (κ2) is 7.19. The molecule has 2 aromatic rings. The van der Waals surface area contributed by atoms with Gasteiger partial charge in [0.05, 0.1) is 36.7 Å². The van der Waals surface area contributed by atoms with Crippen LogP contribution in [0, 0.1) is 6.92 Å². The summed E-state index contributed by atoms with van der Waals surface area (Å²) in [6.07, 6.45) is 3.47. The van der Waals surface area contributed by atoms with Crippen molar-refractivity contribution in [1.82, 2.24) is 19.7 Å². The molecule has 1 unspecified atom stereocenters. The molecule has 2 aromatic heterocycles. The number of aromatic nitrogens is 3. The zero-order valence-electron chi connectivity index (χ0n) is 13.8. The van der Waals surface area contributed by atoms with Crippen LogP contribution in [-0.4, -0.2) is 51.4 Å². The number of hydrogen-bond donors (Lipinski definition) is 1. The molecule has 0 saturated carbocycles. The summed E-state index contributed by atoms with van der Waals surface area (Å²) < 4.78 is 7.19. The minimum Gasteiger partial charge on any atom is -0.375 e. The van der Waals surface area contributed by atoms with E-state index < -0.39 is 0 Å². The first-order valence-electron chi connectivity index (χ1n) is 7.86. The van der Waals surface area contributed by atoms with Crippen molar-refractivity contribution in [2.24, 2.45) is 10.7 Å². The van der Waals surface area contributed by atoms with E-state index in [4.69, 9.17) is 22.1 Å². The average molecular weight is 349 g/mol. The Kier molecular flexibility index (Phi) is 5.01. The highest BCUT2D eigenvalue weighted by molar-refractivity contribution is 6.30. The molecule has 0 aliphatic carbocycles. The summed E-state index contributed by atoms with van der Waals surface area (Å²) in [4.78, 5) is 11.1. The lowest BCUT2D eigenvalue weighted by atomic mass is 10.2. The number of morpholine rings is 1. The molecule has 1 aliphatic rings. The standard InChI is InChI=1S/C16H21ClN6O/c1-11-3-4-13(15(21-11)23-10-14(17)8-20-23)7-19-16(18)22-5-6-24-12(2)9-22/h3-4,8,10,12H,5-7,9H2,1-2H3,(H2,18,19). The molecular formula is C16H21ClN6O. The summed E-state index contributed by atoms with van der Waals surface area (Å²) in [5, 5.41) is 4.79. The van der Waals surface area contributed by atoms with Gasteiger partial charge < -0.3 is 15.4 Å². The maximum Gasteiger partial charge on any atom is 0.191 e. The monoisotopic (exact) mass is 348 g/mol. The van der Waals surface area contributed by atoms with Crippen LogP contribution in [0.5, 0.6) is 0 Å². The Hall–Kier alpha value is -2.12. The van der Waals surface area contributed by atoms with Gasteiger partial charge >= 0.3 is 0 Å². The highest BCUT2D eigenvalue weighted by atomic mass is 35.5. The second-order valence-electron chi connectivity index (χ2n) is 5.84. The van der Waals surface area contributed by atoms with E-state index in [0.29, 0.717) is 30.0 Å². The fraction of sp³-hybridized carbons (Fsp3) is 0.438. The van der Waals surface area contributed by atoms with Gasteiger partial charge in [-0.2, -0.15) is 5.10 Å². The fourth-order valence-corrected chi connectivity index (χ4v) is 2.74. The molecule has 1 fully saturated rings. The number of ether oxygens (including phenoxy) is 1. The molecule has 7 nitrogen and oxygen atoms in total. The first-order valence-corrected chi connectivity index (χ1v) is 8.24. The van der Waals surface area contributed by atoms with Gasteiger partial charge in [0.1, 0.15) is 0 Å². The minimum atomic E-state index is 0.162. The van der Waals surface area contributed by atoms with Gasteiger partial charge in [-0.1, -0.05) is 17.7 Å². The Bertz CT molecular complexity index is 744. The summed E-state index contributed by atoms with van der Waals surface area (Å²) in [6.45, 7) is 6.57. The molecule has 128 valence electrons. The molecular weight excluding hydrogens is 328 g/mol. The lowest BCUT2D eigenvalue weighted by molar-refractivity contribution is 0.00528. The van der Waals surface area contributed by atoms with Crippen LogP contribution in [-0.2, 0) is 11.3 Å².